The highest BCUT2D eigenvalue weighted by Gasteiger charge is 2.02. The largest absolute Gasteiger partial charge is 0.377 e. The molecule has 1 rings (SSSR count). The fourth-order valence-electron chi connectivity index (χ4n) is 1.11. The normalized spacial score (nSPS) is 22.2. The molecule has 0 amide bonds. The predicted octanol–water partition coefficient (Wildman–Crippen LogP) is -0.261. The molecule has 1 heterocycles. The Hall–Kier alpha value is -0.910. The van der Waals surface area contributed by atoms with Crippen LogP contribution in [-0.2, 0) is 23.8 Å². The van der Waals surface area contributed by atoms with Crippen LogP contribution in [-0.4, -0.2) is 64.6 Å². The van der Waals surface area contributed by atoms with Gasteiger partial charge in [0.1, 0.15) is 0 Å². The van der Waals surface area contributed by atoms with Crippen molar-refractivity contribution in [2.24, 2.45) is 0 Å². The summed E-state index contributed by atoms with van der Waals surface area (Å²) >= 11 is 0. The van der Waals surface area contributed by atoms with Crippen molar-refractivity contribution in [1.82, 2.24) is 5.06 Å². The third-order valence-electron chi connectivity index (χ3n) is 1.91. The van der Waals surface area contributed by atoms with Crippen molar-refractivity contribution in [2.75, 3.05) is 59.6 Å². The minimum absolute atomic E-state index is 0.0936. The highest BCUT2D eigenvalue weighted by atomic mass is 16.7. The van der Waals surface area contributed by atoms with E-state index in [-0.39, 0.29) is 6.73 Å². The molecular weight excluding hydrogens is 228 g/mol. The molecule has 1 fully saturated rings. The van der Waals surface area contributed by atoms with Crippen LogP contribution in [0.2, 0.25) is 0 Å². The zero-order valence-corrected chi connectivity index (χ0v) is 9.80. The second kappa shape index (κ2) is 10.3. The maximum absolute atomic E-state index is 8.72. The molecule has 98 valence electrons. The lowest BCUT2D eigenvalue weighted by Gasteiger charge is -2.14. The molecule has 0 aromatic carbocycles. The van der Waals surface area contributed by atoms with Gasteiger partial charge in [-0.25, -0.2) is 0 Å². The quantitative estimate of drug-likeness (QED) is 0.545. The number of rotatable bonds is 0. The van der Waals surface area contributed by atoms with Crippen LogP contribution in [0.25, 0.3) is 0 Å². The van der Waals surface area contributed by atoms with E-state index in [1.165, 1.54) is 0 Å². The number of nitrogens with zero attached hydrogens (tertiary/aromatic N) is 2. The van der Waals surface area contributed by atoms with E-state index in [1.807, 2.05) is 6.19 Å². The molecule has 0 aliphatic carbocycles. The van der Waals surface area contributed by atoms with Crippen LogP contribution >= 0.6 is 0 Å². The zero-order valence-electron chi connectivity index (χ0n) is 9.80. The number of hydroxylamine groups is 2. The van der Waals surface area contributed by atoms with E-state index in [0.29, 0.717) is 52.9 Å². The molecular formula is C10H18N2O5. The Bertz CT molecular complexity index is 205. The number of hydrogen-bond donors (Lipinski definition) is 0. The molecule has 0 unspecified atom stereocenters. The van der Waals surface area contributed by atoms with Gasteiger partial charge in [0, 0.05) is 0 Å². The summed E-state index contributed by atoms with van der Waals surface area (Å²) in [5, 5.41) is 9.79. The van der Waals surface area contributed by atoms with Crippen LogP contribution in [0.4, 0.5) is 0 Å². The summed E-state index contributed by atoms with van der Waals surface area (Å²) in [4.78, 5) is 5.11. The molecule has 0 N–H and O–H groups in total. The summed E-state index contributed by atoms with van der Waals surface area (Å²) in [5.41, 5.74) is 0. The minimum Gasteiger partial charge on any atom is -0.377 e. The third kappa shape index (κ3) is 7.90. The summed E-state index contributed by atoms with van der Waals surface area (Å²) < 4.78 is 20.9. The van der Waals surface area contributed by atoms with Crippen molar-refractivity contribution in [3.63, 3.8) is 0 Å². The maximum atomic E-state index is 8.72. The Balaban J connectivity index is 2.19. The smallest absolute Gasteiger partial charge is 0.207 e. The van der Waals surface area contributed by atoms with E-state index in [2.05, 4.69) is 0 Å². The van der Waals surface area contributed by atoms with Crippen molar-refractivity contribution < 1.29 is 23.8 Å². The summed E-state index contributed by atoms with van der Waals surface area (Å²) in [7, 11) is 0. The summed E-state index contributed by atoms with van der Waals surface area (Å²) in [5.74, 6) is 0. The summed E-state index contributed by atoms with van der Waals surface area (Å²) in [6.45, 7) is 3.82. The SMILES string of the molecule is N#CN1COCCOCCOCCOCCO1. The van der Waals surface area contributed by atoms with Gasteiger partial charge in [-0.05, 0) is 0 Å². The highest BCUT2D eigenvalue weighted by Crippen LogP contribution is 1.91. The highest BCUT2D eigenvalue weighted by molar-refractivity contribution is 4.60. The number of hydrogen-bond acceptors (Lipinski definition) is 7. The Morgan fingerprint density at radius 2 is 1.18 bits per heavy atom. The van der Waals surface area contributed by atoms with Crippen molar-refractivity contribution >= 4 is 0 Å². The maximum Gasteiger partial charge on any atom is 0.207 e. The molecule has 1 aliphatic rings. The lowest BCUT2D eigenvalue weighted by molar-refractivity contribution is -0.178. The van der Waals surface area contributed by atoms with Gasteiger partial charge in [0.2, 0.25) is 6.19 Å². The summed E-state index contributed by atoms with van der Waals surface area (Å²) in [6, 6.07) is 0. The number of nitriles is 1. The number of ether oxygens (including phenoxy) is 4. The van der Waals surface area contributed by atoms with E-state index in [1.54, 1.807) is 0 Å². The Kier molecular flexibility index (Phi) is 8.54. The van der Waals surface area contributed by atoms with Crippen LogP contribution in [0.15, 0.2) is 0 Å². The Morgan fingerprint density at radius 3 is 1.71 bits per heavy atom. The Morgan fingerprint density at radius 1 is 0.706 bits per heavy atom. The first-order valence-electron chi connectivity index (χ1n) is 5.54. The molecule has 0 aromatic heterocycles. The molecule has 0 radical (unpaired) electrons. The first kappa shape index (κ1) is 14.2. The van der Waals surface area contributed by atoms with Crippen molar-refractivity contribution in [2.45, 2.75) is 0 Å². The Labute approximate surface area is 101 Å². The lowest BCUT2D eigenvalue weighted by Crippen LogP contribution is -2.24. The topological polar surface area (TPSA) is 73.2 Å². The van der Waals surface area contributed by atoms with Crippen molar-refractivity contribution in [1.29, 1.82) is 5.26 Å². The van der Waals surface area contributed by atoms with Gasteiger partial charge in [-0.2, -0.15) is 10.3 Å². The monoisotopic (exact) mass is 246 g/mol. The van der Waals surface area contributed by atoms with E-state index >= 15 is 0 Å². The van der Waals surface area contributed by atoms with Crippen molar-refractivity contribution in [3.8, 4) is 6.19 Å². The van der Waals surface area contributed by atoms with Crippen LogP contribution in [0.3, 0.4) is 0 Å². The zero-order chi connectivity index (χ0) is 12.2. The lowest BCUT2D eigenvalue weighted by atomic mass is 10.7. The molecule has 0 spiro atoms. The second-order valence-corrected chi connectivity index (χ2v) is 3.19. The molecule has 1 aliphatic heterocycles. The molecule has 1 saturated heterocycles. The van der Waals surface area contributed by atoms with Gasteiger partial charge in [-0.3, -0.25) is 4.84 Å². The third-order valence-corrected chi connectivity index (χ3v) is 1.91. The first-order valence-corrected chi connectivity index (χ1v) is 5.54. The molecule has 7 nitrogen and oxygen atoms in total. The van der Waals surface area contributed by atoms with E-state index in [0.717, 1.165) is 5.06 Å². The molecule has 0 bridgehead atoms. The van der Waals surface area contributed by atoms with Crippen molar-refractivity contribution in [3.05, 3.63) is 0 Å². The summed E-state index contributed by atoms with van der Waals surface area (Å²) in [6.07, 6.45) is 1.86. The average molecular weight is 246 g/mol. The average Bonchev–Trinajstić information content (AvgIpc) is 2.36. The van der Waals surface area contributed by atoms with Gasteiger partial charge in [-0.15, -0.1) is 0 Å². The molecule has 0 atom stereocenters. The van der Waals surface area contributed by atoms with Crippen LogP contribution < -0.4 is 0 Å². The van der Waals surface area contributed by atoms with Gasteiger partial charge >= 0.3 is 0 Å². The van der Waals surface area contributed by atoms with Gasteiger partial charge in [-0.1, -0.05) is 0 Å². The van der Waals surface area contributed by atoms with Gasteiger partial charge < -0.3 is 18.9 Å². The van der Waals surface area contributed by atoms with Crippen LogP contribution in [0, 0.1) is 11.5 Å². The molecule has 0 saturated carbocycles. The van der Waals surface area contributed by atoms with Crippen LogP contribution in [0.1, 0.15) is 0 Å². The standard InChI is InChI=1S/C10H18N2O5/c11-9-12-10-16-6-5-14-2-1-13-3-4-15-7-8-17-12/h1-8,10H2. The fourth-order valence-corrected chi connectivity index (χ4v) is 1.11. The predicted molar refractivity (Wildman–Crippen MR) is 56.7 cm³/mol. The van der Waals surface area contributed by atoms with E-state index < -0.39 is 0 Å². The van der Waals surface area contributed by atoms with E-state index in [9.17, 15) is 0 Å². The fraction of sp³-hybridized carbons (Fsp3) is 0.900. The second-order valence-electron chi connectivity index (χ2n) is 3.19. The molecule has 17 heavy (non-hydrogen) atoms. The van der Waals surface area contributed by atoms with Gasteiger partial charge in [0.25, 0.3) is 0 Å². The first-order chi connectivity index (χ1) is 8.43. The van der Waals surface area contributed by atoms with E-state index in [4.69, 9.17) is 29.0 Å². The minimum atomic E-state index is 0.0936. The molecule has 7 heteroatoms. The molecule has 0 aromatic rings. The van der Waals surface area contributed by atoms with Crippen LogP contribution in [0.5, 0.6) is 0 Å². The van der Waals surface area contributed by atoms with Gasteiger partial charge in [0.15, 0.2) is 6.73 Å². The van der Waals surface area contributed by atoms with Gasteiger partial charge in [0.05, 0.1) is 52.9 Å².